The second-order valence-corrected chi connectivity index (χ2v) is 3.89. The Balaban J connectivity index is 2.02. The fraction of sp³-hybridized carbons (Fsp3) is 0.0769. The number of hydrogen-bond donors (Lipinski definition) is 1. The first-order chi connectivity index (χ1) is 7.75. The molecule has 0 unspecified atom stereocenters. The SMILES string of the molecule is Fc1ccccc1COc1ccc(S)cc1. The summed E-state index contributed by atoms with van der Waals surface area (Å²) >= 11 is 4.17. The number of halogens is 1. The Morgan fingerprint density at radius 2 is 1.69 bits per heavy atom. The topological polar surface area (TPSA) is 9.23 Å². The second-order valence-electron chi connectivity index (χ2n) is 3.37. The van der Waals surface area contributed by atoms with Gasteiger partial charge in [0.2, 0.25) is 0 Å². The van der Waals surface area contributed by atoms with E-state index in [9.17, 15) is 4.39 Å². The van der Waals surface area contributed by atoms with E-state index in [2.05, 4.69) is 12.6 Å². The third-order valence-electron chi connectivity index (χ3n) is 2.19. The van der Waals surface area contributed by atoms with Crippen LogP contribution in [0.3, 0.4) is 0 Å². The van der Waals surface area contributed by atoms with Crippen molar-refractivity contribution < 1.29 is 9.13 Å². The first-order valence-corrected chi connectivity index (χ1v) is 5.35. The maximum atomic E-state index is 13.3. The fourth-order valence-electron chi connectivity index (χ4n) is 1.32. The van der Waals surface area contributed by atoms with Gasteiger partial charge in [-0.3, -0.25) is 0 Å². The Morgan fingerprint density at radius 3 is 2.38 bits per heavy atom. The molecule has 16 heavy (non-hydrogen) atoms. The van der Waals surface area contributed by atoms with Crippen molar-refractivity contribution in [3.8, 4) is 5.75 Å². The Morgan fingerprint density at radius 1 is 1.00 bits per heavy atom. The standard InChI is InChI=1S/C13H11FOS/c14-13-4-2-1-3-10(13)9-15-11-5-7-12(16)8-6-11/h1-8,16H,9H2. The third-order valence-corrected chi connectivity index (χ3v) is 2.49. The van der Waals surface area contributed by atoms with Crippen LogP contribution < -0.4 is 4.74 Å². The van der Waals surface area contributed by atoms with E-state index >= 15 is 0 Å². The van der Waals surface area contributed by atoms with Crippen LogP contribution >= 0.6 is 12.6 Å². The van der Waals surface area contributed by atoms with E-state index < -0.39 is 0 Å². The first-order valence-electron chi connectivity index (χ1n) is 4.91. The third kappa shape index (κ3) is 2.76. The molecule has 82 valence electrons. The van der Waals surface area contributed by atoms with Crippen molar-refractivity contribution in [3.63, 3.8) is 0 Å². The zero-order valence-corrected chi connectivity index (χ0v) is 9.45. The predicted molar refractivity (Wildman–Crippen MR) is 64.4 cm³/mol. The van der Waals surface area contributed by atoms with Gasteiger partial charge in [-0.25, -0.2) is 4.39 Å². The van der Waals surface area contributed by atoms with Crippen molar-refractivity contribution in [1.29, 1.82) is 0 Å². The van der Waals surface area contributed by atoms with Crippen molar-refractivity contribution in [2.24, 2.45) is 0 Å². The molecule has 2 rings (SSSR count). The van der Waals surface area contributed by atoms with E-state index in [4.69, 9.17) is 4.74 Å². The van der Waals surface area contributed by atoms with Gasteiger partial charge in [0.05, 0.1) is 0 Å². The minimum absolute atomic E-state index is 0.235. The molecule has 1 nitrogen and oxygen atoms in total. The molecule has 2 aromatic carbocycles. The van der Waals surface area contributed by atoms with Crippen LogP contribution in [0.15, 0.2) is 53.4 Å². The van der Waals surface area contributed by atoms with Crippen molar-refractivity contribution in [2.75, 3.05) is 0 Å². The van der Waals surface area contributed by atoms with Gasteiger partial charge in [-0.1, -0.05) is 18.2 Å². The van der Waals surface area contributed by atoms with E-state index in [0.717, 1.165) is 4.90 Å². The highest BCUT2D eigenvalue weighted by Crippen LogP contribution is 2.16. The lowest BCUT2D eigenvalue weighted by Gasteiger charge is -2.06. The Hall–Kier alpha value is -1.48. The minimum Gasteiger partial charge on any atom is -0.489 e. The highest BCUT2D eigenvalue weighted by molar-refractivity contribution is 7.80. The lowest BCUT2D eigenvalue weighted by Crippen LogP contribution is -1.97. The van der Waals surface area contributed by atoms with Crippen molar-refractivity contribution in [1.82, 2.24) is 0 Å². The zero-order chi connectivity index (χ0) is 11.4. The summed E-state index contributed by atoms with van der Waals surface area (Å²) in [6, 6.07) is 13.9. The number of thiol groups is 1. The molecule has 0 amide bonds. The lowest BCUT2D eigenvalue weighted by molar-refractivity contribution is 0.299. The van der Waals surface area contributed by atoms with Crippen LogP contribution in [0.4, 0.5) is 4.39 Å². The normalized spacial score (nSPS) is 10.1. The quantitative estimate of drug-likeness (QED) is 0.797. The molecule has 0 fully saturated rings. The van der Waals surface area contributed by atoms with Crippen LogP contribution in [-0.2, 0) is 6.61 Å². The molecule has 2 aromatic rings. The average molecular weight is 234 g/mol. The van der Waals surface area contributed by atoms with Gasteiger partial charge >= 0.3 is 0 Å². The van der Waals surface area contributed by atoms with Crippen molar-refractivity contribution in [2.45, 2.75) is 11.5 Å². The van der Waals surface area contributed by atoms with Crippen molar-refractivity contribution in [3.05, 3.63) is 59.9 Å². The van der Waals surface area contributed by atoms with Gasteiger partial charge in [0.1, 0.15) is 18.2 Å². The van der Waals surface area contributed by atoms with E-state index in [1.807, 2.05) is 24.3 Å². The number of rotatable bonds is 3. The van der Waals surface area contributed by atoms with E-state index in [-0.39, 0.29) is 12.4 Å². The molecule has 0 heterocycles. The lowest BCUT2D eigenvalue weighted by atomic mass is 10.2. The average Bonchev–Trinajstić information content (AvgIpc) is 2.30. The molecule has 0 saturated heterocycles. The van der Waals surface area contributed by atoms with Crippen LogP contribution in [0.1, 0.15) is 5.56 Å². The Kier molecular flexibility index (Phi) is 3.47. The molecule has 0 N–H and O–H groups in total. The number of hydrogen-bond acceptors (Lipinski definition) is 2. The van der Waals surface area contributed by atoms with Crippen LogP contribution in [0.2, 0.25) is 0 Å². The van der Waals surface area contributed by atoms with Gasteiger partial charge in [-0.15, -0.1) is 12.6 Å². The monoisotopic (exact) mass is 234 g/mol. The molecule has 0 aliphatic rings. The minimum atomic E-state index is -0.242. The zero-order valence-electron chi connectivity index (χ0n) is 8.56. The summed E-state index contributed by atoms with van der Waals surface area (Å²) in [4.78, 5) is 0.873. The second kappa shape index (κ2) is 5.03. The summed E-state index contributed by atoms with van der Waals surface area (Å²) in [5, 5.41) is 0. The Bertz CT molecular complexity index is 468. The molecule has 0 aliphatic carbocycles. The van der Waals surface area contributed by atoms with Gasteiger partial charge in [0.15, 0.2) is 0 Å². The van der Waals surface area contributed by atoms with Gasteiger partial charge < -0.3 is 4.74 Å². The van der Waals surface area contributed by atoms with Crippen molar-refractivity contribution >= 4 is 12.6 Å². The molecule has 0 radical (unpaired) electrons. The molecule has 0 saturated carbocycles. The predicted octanol–water partition coefficient (Wildman–Crippen LogP) is 3.69. The number of ether oxygens (including phenoxy) is 1. The molecular weight excluding hydrogens is 223 g/mol. The molecule has 0 aromatic heterocycles. The van der Waals surface area contributed by atoms with Gasteiger partial charge in [0, 0.05) is 10.5 Å². The van der Waals surface area contributed by atoms with E-state index in [0.29, 0.717) is 11.3 Å². The molecule has 0 bridgehead atoms. The molecule has 0 atom stereocenters. The smallest absolute Gasteiger partial charge is 0.129 e. The van der Waals surface area contributed by atoms with Gasteiger partial charge in [-0.05, 0) is 30.3 Å². The van der Waals surface area contributed by atoms with Crippen LogP contribution in [0.5, 0.6) is 5.75 Å². The van der Waals surface area contributed by atoms with E-state index in [1.54, 1.807) is 18.2 Å². The highest BCUT2D eigenvalue weighted by Gasteiger charge is 2.01. The maximum absolute atomic E-state index is 13.3. The maximum Gasteiger partial charge on any atom is 0.129 e. The van der Waals surface area contributed by atoms with Crippen LogP contribution in [0, 0.1) is 5.82 Å². The number of benzene rings is 2. The molecular formula is C13H11FOS. The summed E-state index contributed by atoms with van der Waals surface area (Å²) in [7, 11) is 0. The Labute approximate surface area is 99.3 Å². The molecule has 3 heteroatoms. The van der Waals surface area contributed by atoms with E-state index in [1.165, 1.54) is 6.07 Å². The largest absolute Gasteiger partial charge is 0.489 e. The summed E-state index contributed by atoms with van der Waals surface area (Å²) in [6.45, 7) is 0.235. The fourth-order valence-corrected chi connectivity index (χ4v) is 1.47. The van der Waals surface area contributed by atoms with Crippen LogP contribution in [0.25, 0.3) is 0 Å². The first kappa shape index (κ1) is 11.0. The molecule has 0 spiro atoms. The van der Waals surface area contributed by atoms with Crippen LogP contribution in [-0.4, -0.2) is 0 Å². The summed E-state index contributed by atoms with van der Waals surface area (Å²) in [5.74, 6) is 0.467. The summed E-state index contributed by atoms with van der Waals surface area (Å²) in [5.41, 5.74) is 0.553. The summed E-state index contributed by atoms with van der Waals surface area (Å²) < 4.78 is 18.7. The van der Waals surface area contributed by atoms with Gasteiger partial charge in [0.25, 0.3) is 0 Å². The summed E-state index contributed by atoms with van der Waals surface area (Å²) in [6.07, 6.45) is 0. The van der Waals surface area contributed by atoms with Gasteiger partial charge in [-0.2, -0.15) is 0 Å². The highest BCUT2D eigenvalue weighted by atomic mass is 32.1. The molecule has 0 aliphatic heterocycles.